The van der Waals surface area contributed by atoms with Gasteiger partial charge in [-0.1, -0.05) is 13.3 Å². The molecule has 108 valence electrons. The maximum atomic E-state index is 5.84. The molecule has 2 unspecified atom stereocenters. The fraction of sp³-hybridized carbons (Fsp3) is 1.00. The van der Waals surface area contributed by atoms with Crippen LogP contribution in [-0.4, -0.2) is 49.3 Å². The van der Waals surface area contributed by atoms with Gasteiger partial charge in [0.1, 0.15) is 0 Å². The standard InChI is InChI=1S/C15H32N2O/c1-6-15(4,17-10-8-7-9-11-17)14(16-5)12-18-13(2)3/h13-14,16H,6-12H2,1-5H3. The molecule has 0 spiro atoms. The smallest absolute Gasteiger partial charge is 0.0641 e. The van der Waals surface area contributed by atoms with Crippen molar-refractivity contribution in [3.8, 4) is 0 Å². The van der Waals surface area contributed by atoms with Gasteiger partial charge in [-0.3, -0.25) is 4.90 Å². The van der Waals surface area contributed by atoms with Gasteiger partial charge < -0.3 is 10.1 Å². The molecule has 0 aromatic heterocycles. The van der Waals surface area contributed by atoms with Crippen molar-refractivity contribution in [2.45, 2.75) is 71.1 Å². The van der Waals surface area contributed by atoms with Crippen LogP contribution < -0.4 is 5.32 Å². The zero-order valence-electron chi connectivity index (χ0n) is 13.0. The molecule has 1 rings (SSSR count). The topological polar surface area (TPSA) is 24.5 Å². The third-order valence-electron chi connectivity index (χ3n) is 4.49. The van der Waals surface area contributed by atoms with E-state index in [0.717, 1.165) is 6.61 Å². The Morgan fingerprint density at radius 2 is 1.83 bits per heavy atom. The van der Waals surface area contributed by atoms with Crippen LogP contribution in [-0.2, 0) is 4.74 Å². The first kappa shape index (κ1) is 15.9. The second-order valence-corrected chi connectivity index (χ2v) is 5.98. The van der Waals surface area contributed by atoms with E-state index in [-0.39, 0.29) is 5.54 Å². The van der Waals surface area contributed by atoms with E-state index in [1.807, 2.05) is 0 Å². The molecule has 0 aromatic rings. The summed E-state index contributed by atoms with van der Waals surface area (Å²) < 4.78 is 5.84. The van der Waals surface area contributed by atoms with E-state index in [1.54, 1.807) is 0 Å². The predicted octanol–water partition coefficient (Wildman–Crippen LogP) is 2.65. The highest BCUT2D eigenvalue weighted by molar-refractivity contribution is 4.96. The van der Waals surface area contributed by atoms with Crippen LogP contribution >= 0.6 is 0 Å². The molecule has 1 fully saturated rings. The van der Waals surface area contributed by atoms with E-state index in [9.17, 15) is 0 Å². The van der Waals surface area contributed by atoms with Gasteiger partial charge in [-0.05, 0) is 60.2 Å². The minimum absolute atomic E-state index is 0.212. The predicted molar refractivity (Wildman–Crippen MR) is 78.1 cm³/mol. The molecule has 0 aromatic carbocycles. The molecule has 1 aliphatic rings. The summed E-state index contributed by atoms with van der Waals surface area (Å²) in [5, 5.41) is 3.48. The third-order valence-corrected chi connectivity index (χ3v) is 4.49. The molecule has 1 N–H and O–H groups in total. The molecule has 0 radical (unpaired) electrons. The Morgan fingerprint density at radius 1 is 1.22 bits per heavy atom. The zero-order chi connectivity index (χ0) is 13.6. The van der Waals surface area contributed by atoms with Crippen molar-refractivity contribution in [2.24, 2.45) is 0 Å². The Morgan fingerprint density at radius 3 is 2.28 bits per heavy atom. The second kappa shape index (κ2) is 7.46. The van der Waals surface area contributed by atoms with Crippen molar-refractivity contribution in [3.05, 3.63) is 0 Å². The summed E-state index contributed by atoms with van der Waals surface area (Å²) in [5.41, 5.74) is 0.212. The Labute approximate surface area is 113 Å². The Balaban J connectivity index is 2.68. The van der Waals surface area contributed by atoms with E-state index in [2.05, 4.69) is 45.0 Å². The maximum Gasteiger partial charge on any atom is 0.0641 e. The number of likely N-dealkylation sites (tertiary alicyclic amines) is 1. The van der Waals surface area contributed by atoms with Crippen LogP contribution in [0.15, 0.2) is 0 Å². The minimum Gasteiger partial charge on any atom is -0.377 e. The molecule has 3 heteroatoms. The molecule has 18 heavy (non-hydrogen) atoms. The summed E-state index contributed by atoms with van der Waals surface area (Å²) in [6, 6.07) is 0.406. The maximum absolute atomic E-state index is 5.84. The van der Waals surface area contributed by atoms with Crippen molar-refractivity contribution >= 4 is 0 Å². The largest absolute Gasteiger partial charge is 0.377 e. The Hall–Kier alpha value is -0.120. The lowest BCUT2D eigenvalue weighted by Gasteiger charge is -2.48. The summed E-state index contributed by atoms with van der Waals surface area (Å²) in [6.07, 6.45) is 5.56. The van der Waals surface area contributed by atoms with Crippen molar-refractivity contribution in [1.29, 1.82) is 0 Å². The molecule has 1 aliphatic heterocycles. The van der Waals surface area contributed by atoms with Crippen molar-refractivity contribution < 1.29 is 4.74 Å². The number of rotatable bonds is 7. The fourth-order valence-electron chi connectivity index (χ4n) is 2.96. The fourth-order valence-corrected chi connectivity index (χ4v) is 2.96. The number of nitrogens with zero attached hydrogens (tertiary/aromatic N) is 1. The first-order chi connectivity index (χ1) is 8.54. The van der Waals surface area contributed by atoms with E-state index < -0.39 is 0 Å². The number of hydrogen-bond acceptors (Lipinski definition) is 3. The van der Waals surface area contributed by atoms with Crippen LogP contribution in [0.25, 0.3) is 0 Å². The van der Waals surface area contributed by atoms with Crippen LogP contribution in [0, 0.1) is 0 Å². The average molecular weight is 256 g/mol. The normalized spacial score (nSPS) is 23.0. The van der Waals surface area contributed by atoms with Gasteiger partial charge in [-0.15, -0.1) is 0 Å². The van der Waals surface area contributed by atoms with Gasteiger partial charge in [0, 0.05) is 11.6 Å². The van der Waals surface area contributed by atoms with Gasteiger partial charge in [0.05, 0.1) is 12.7 Å². The summed E-state index contributed by atoms with van der Waals surface area (Å²) in [5.74, 6) is 0. The monoisotopic (exact) mass is 256 g/mol. The highest BCUT2D eigenvalue weighted by atomic mass is 16.5. The second-order valence-electron chi connectivity index (χ2n) is 5.98. The molecular formula is C15H32N2O. The van der Waals surface area contributed by atoms with Crippen molar-refractivity contribution in [3.63, 3.8) is 0 Å². The molecule has 0 saturated carbocycles. The lowest BCUT2D eigenvalue weighted by atomic mass is 9.86. The Kier molecular flexibility index (Phi) is 6.61. The number of hydrogen-bond donors (Lipinski definition) is 1. The van der Waals surface area contributed by atoms with Crippen LogP contribution in [0.4, 0.5) is 0 Å². The van der Waals surface area contributed by atoms with Crippen molar-refractivity contribution in [2.75, 3.05) is 26.7 Å². The van der Waals surface area contributed by atoms with E-state index in [0.29, 0.717) is 12.1 Å². The number of ether oxygens (including phenoxy) is 1. The molecule has 0 amide bonds. The highest BCUT2D eigenvalue weighted by Crippen LogP contribution is 2.27. The molecule has 2 atom stereocenters. The summed E-state index contributed by atoms with van der Waals surface area (Å²) in [4.78, 5) is 2.67. The number of likely N-dealkylation sites (N-methyl/N-ethyl adjacent to an activating group) is 1. The third kappa shape index (κ3) is 3.94. The first-order valence-corrected chi connectivity index (χ1v) is 7.58. The minimum atomic E-state index is 0.212. The van der Waals surface area contributed by atoms with Crippen LogP contribution in [0.1, 0.15) is 53.4 Å². The molecular weight excluding hydrogens is 224 g/mol. The van der Waals surface area contributed by atoms with E-state index >= 15 is 0 Å². The quantitative estimate of drug-likeness (QED) is 0.758. The van der Waals surface area contributed by atoms with Crippen LogP contribution in [0.3, 0.4) is 0 Å². The molecule has 0 aliphatic carbocycles. The summed E-state index contributed by atoms with van der Waals surface area (Å²) >= 11 is 0. The number of piperidine rings is 1. The number of nitrogens with one attached hydrogen (secondary N) is 1. The van der Waals surface area contributed by atoms with Crippen molar-refractivity contribution in [1.82, 2.24) is 10.2 Å². The van der Waals surface area contributed by atoms with Gasteiger partial charge in [-0.25, -0.2) is 0 Å². The highest BCUT2D eigenvalue weighted by Gasteiger charge is 2.38. The Bertz CT molecular complexity index is 227. The van der Waals surface area contributed by atoms with Gasteiger partial charge in [0.15, 0.2) is 0 Å². The zero-order valence-corrected chi connectivity index (χ0v) is 13.0. The lowest BCUT2D eigenvalue weighted by molar-refractivity contribution is -0.0108. The van der Waals surface area contributed by atoms with Gasteiger partial charge in [-0.2, -0.15) is 0 Å². The molecule has 3 nitrogen and oxygen atoms in total. The summed E-state index contributed by atoms with van der Waals surface area (Å²) in [7, 11) is 2.06. The van der Waals surface area contributed by atoms with Crippen LogP contribution in [0.5, 0.6) is 0 Å². The molecule has 0 bridgehead atoms. The molecule has 1 saturated heterocycles. The van der Waals surface area contributed by atoms with E-state index in [1.165, 1.54) is 38.8 Å². The van der Waals surface area contributed by atoms with E-state index in [4.69, 9.17) is 4.74 Å². The first-order valence-electron chi connectivity index (χ1n) is 7.58. The van der Waals surface area contributed by atoms with Gasteiger partial charge in [0.2, 0.25) is 0 Å². The van der Waals surface area contributed by atoms with Gasteiger partial charge in [0.25, 0.3) is 0 Å². The summed E-state index contributed by atoms with van der Waals surface area (Å²) in [6.45, 7) is 12.2. The van der Waals surface area contributed by atoms with Crippen LogP contribution in [0.2, 0.25) is 0 Å². The SMILES string of the molecule is CCC(C)(C(COC(C)C)NC)N1CCCCC1. The van der Waals surface area contributed by atoms with Gasteiger partial charge >= 0.3 is 0 Å². The molecule has 1 heterocycles. The average Bonchev–Trinajstić information content (AvgIpc) is 2.39. The lowest BCUT2D eigenvalue weighted by Crippen LogP contribution is -2.61.